The molecule has 0 spiro atoms. The smallest absolute Gasteiger partial charge is 0.507 e. The lowest BCUT2D eigenvalue weighted by Crippen LogP contribution is -2.17. The first-order chi connectivity index (χ1) is 10.8. The van der Waals surface area contributed by atoms with Crippen LogP contribution in [0.15, 0.2) is 12.1 Å². The van der Waals surface area contributed by atoms with Gasteiger partial charge >= 0.3 is 7.15 Å². The molecular weight excluding hydrogens is 341 g/mol. The number of nitrogen functional groups attached to an aromatic ring is 1. The molecule has 0 amide bonds. The normalized spacial score (nSPS) is 11.7. The SMILES string of the molecule is CC(C)(C)c1cc(N)cc(C(C)(C)C)c1O.CCO[P+](=S)OCC. The minimum Gasteiger partial charge on any atom is -0.507 e. The molecule has 0 aromatic heterocycles. The van der Waals surface area contributed by atoms with Gasteiger partial charge in [-0.3, -0.25) is 0 Å². The second-order valence-electron chi connectivity index (χ2n) is 7.52. The van der Waals surface area contributed by atoms with Gasteiger partial charge in [-0.25, -0.2) is 0 Å². The lowest BCUT2D eigenvalue weighted by Gasteiger charge is -2.27. The number of hydrogen-bond donors (Lipinski definition) is 2. The first-order valence-electron chi connectivity index (χ1n) is 8.21. The molecule has 0 aliphatic carbocycles. The van der Waals surface area contributed by atoms with Crippen molar-refractivity contribution in [3.63, 3.8) is 0 Å². The molecule has 0 fully saturated rings. The summed E-state index contributed by atoms with van der Waals surface area (Å²) in [4.78, 5) is 0. The second kappa shape index (κ2) is 9.67. The molecule has 4 nitrogen and oxygen atoms in total. The van der Waals surface area contributed by atoms with E-state index in [4.69, 9.17) is 26.6 Å². The molecule has 24 heavy (non-hydrogen) atoms. The lowest BCUT2D eigenvalue weighted by molar-refractivity contribution is 0.286. The Balaban J connectivity index is 0.000000561. The number of anilines is 1. The Kier molecular flexibility index (Phi) is 9.37. The lowest BCUT2D eigenvalue weighted by atomic mass is 9.79. The van der Waals surface area contributed by atoms with E-state index in [1.165, 1.54) is 0 Å². The van der Waals surface area contributed by atoms with Crippen molar-refractivity contribution in [2.45, 2.75) is 66.2 Å². The zero-order valence-corrected chi connectivity index (χ0v) is 18.0. The fraction of sp³-hybridized carbons (Fsp3) is 0.667. The third-order valence-electron chi connectivity index (χ3n) is 3.22. The fourth-order valence-electron chi connectivity index (χ4n) is 2.05. The zero-order valence-electron chi connectivity index (χ0n) is 16.3. The van der Waals surface area contributed by atoms with Crippen molar-refractivity contribution in [2.24, 2.45) is 0 Å². The van der Waals surface area contributed by atoms with Crippen LogP contribution in [-0.2, 0) is 31.7 Å². The number of nitrogens with two attached hydrogens (primary N) is 1. The van der Waals surface area contributed by atoms with Crippen molar-refractivity contribution in [3.05, 3.63) is 23.3 Å². The van der Waals surface area contributed by atoms with Gasteiger partial charge in [-0.1, -0.05) is 41.5 Å². The third-order valence-corrected chi connectivity index (χ3v) is 4.79. The van der Waals surface area contributed by atoms with E-state index in [9.17, 15) is 5.11 Å². The number of aromatic hydroxyl groups is 1. The molecule has 0 atom stereocenters. The Labute approximate surface area is 153 Å². The van der Waals surface area contributed by atoms with E-state index < -0.39 is 7.15 Å². The Morgan fingerprint density at radius 3 is 1.54 bits per heavy atom. The first kappa shape index (κ1) is 23.3. The Hall–Kier alpha value is -0.740. The van der Waals surface area contributed by atoms with Crippen LogP contribution < -0.4 is 5.73 Å². The second-order valence-corrected chi connectivity index (χ2v) is 9.38. The number of hydrogen-bond acceptors (Lipinski definition) is 5. The van der Waals surface area contributed by atoms with Gasteiger partial charge in [-0.2, -0.15) is 0 Å². The molecule has 0 aliphatic rings. The largest absolute Gasteiger partial charge is 0.521 e. The van der Waals surface area contributed by atoms with Gasteiger partial charge in [0.05, 0.1) is 0 Å². The van der Waals surface area contributed by atoms with Gasteiger partial charge in [-0.15, -0.1) is 9.05 Å². The van der Waals surface area contributed by atoms with E-state index in [0.717, 1.165) is 11.1 Å². The van der Waals surface area contributed by atoms with Crippen molar-refractivity contribution >= 4 is 24.6 Å². The third kappa shape index (κ3) is 7.89. The van der Waals surface area contributed by atoms with E-state index in [-0.39, 0.29) is 10.8 Å². The average molecular weight is 375 g/mol. The summed E-state index contributed by atoms with van der Waals surface area (Å²) in [5.41, 5.74) is 8.26. The van der Waals surface area contributed by atoms with Crippen molar-refractivity contribution in [3.8, 4) is 5.75 Å². The van der Waals surface area contributed by atoms with E-state index in [1.807, 2.05) is 26.0 Å². The minimum absolute atomic E-state index is 0.0978. The van der Waals surface area contributed by atoms with Crippen LogP contribution in [0.1, 0.15) is 66.5 Å². The molecule has 3 N–H and O–H groups in total. The topological polar surface area (TPSA) is 64.7 Å². The molecular formula is C18H33NO3PS+. The molecule has 0 unspecified atom stereocenters. The van der Waals surface area contributed by atoms with E-state index in [1.54, 1.807) is 0 Å². The number of phenolic OH excluding ortho intramolecular Hbond substituents is 1. The summed E-state index contributed by atoms with van der Waals surface area (Å²) >= 11 is 4.76. The molecule has 1 aromatic rings. The van der Waals surface area contributed by atoms with Crippen LogP contribution in [-0.4, -0.2) is 18.3 Å². The zero-order chi connectivity index (χ0) is 19.1. The molecule has 1 aromatic carbocycles. The monoisotopic (exact) mass is 374 g/mol. The highest BCUT2D eigenvalue weighted by molar-refractivity contribution is 8.00. The molecule has 1 rings (SSSR count). The summed E-state index contributed by atoms with van der Waals surface area (Å²) in [6.45, 7) is 17.6. The summed E-state index contributed by atoms with van der Waals surface area (Å²) in [5.74, 6) is 0.384. The standard InChI is InChI=1S/C14H23NO.C4H10O2PS/c1-13(2,3)10-7-9(15)8-11(12(10)16)14(4,5)6;1-3-5-7(8)6-4-2/h7-8,16H,15H2,1-6H3;3-4H2,1-2H3/q;+1. The summed E-state index contributed by atoms with van der Waals surface area (Å²) in [5, 5.41) is 10.3. The summed E-state index contributed by atoms with van der Waals surface area (Å²) in [7, 11) is -0.997. The highest BCUT2D eigenvalue weighted by Crippen LogP contribution is 2.40. The van der Waals surface area contributed by atoms with E-state index in [2.05, 4.69) is 41.5 Å². The van der Waals surface area contributed by atoms with Gasteiger partial charge in [0.15, 0.2) is 0 Å². The maximum Gasteiger partial charge on any atom is 0.521 e. The van der Waals surface area contributed by atoms with Gasteiger partial charge in [0.2, 0.25) is 11.8 Å². The van der Waals surface area contributed by atoms with Gasteiger partial charge in [-0.05, 0) is 36.8 Å². The fourth-order valence-corrected chi connectivity index (χ4v) is 3.18. The molecule has 0 aliphatic heterocycles. The van der Waals surface area contributed by atoms with Crippen LogP contribution in [0.5, 0.6) is 5.75 Å². The molecule has 6 heteroatoms. The Bertz CT molecular complexity index is 505. The van der Waals surface area contributed by atoms with Crippen molar-refractivity contribution in [1.29, 1.82) is 0 Å². The van der Waals surface area contributed by atoms with Gasteiger partial charge in [0.1, 0.15) is 19.0 Å². The van der Waals surface area contributed by atoms with Gasteiger partial charge in [0, 0.05) is 16.8 Å². The van der Waals surface area contributed by atoms with Crippen LogP contribution in [0.2, 0.25) is 0 Å². The molecule has 138 valence electrons. The summed E-state index contributed by atoms with van der Waals surface area (Å²) in [6, 6.07) is 3.73. The summed E-state index contributed by atoms with van der Waals surface area (Å²) < 4.78 is 9.88. The van der Waals surface area contributed by atoms with Crippen molar-refractivity contribution in [1.82, 2.24) is 0 Å². The maximum absolute atomic E-state index is 10.3. The summed E-state index contributed by atoms with van der Waals surface area (Å²) in [6.07, 6.45) is 0. The maximum atomic E-state index is 10.3. The molecule has 0 saturated heterocycles. The van der Waals surface area contributed by atoms with Gasteiger partial charge in [0.25, 0.3) is 0 Å². The van der Waals surface area contributed by atoms with Gasteiger partial charge < -0.3 is 10.8 Å². The van der Waals surface area contributed by atoms with Crippen LogP contribution >= 0.6 is 7.15 Å². The van der Waals surface area contributed by atoms with Crippen molar-refractivity contribution in [2.75, 3.05) is 18.9 Å². The van der Waals surface area contributed by atoms with E-state index >= 15 is 0 Å². The molecule has 0 saturated carbocycles. The molecule has 0 radical (unpaired) electrons. The number of rotatable bonds is 4. The number of benzene rings is 1. The first-order valence-corrected chi connectivity index (χ1v) is 10.4. The predicted octanol–water partition coefficient (Wildman–Crippen LogP) is 5.40. The molecule has 0 bridgehead atoms. The minimum atomic E-state index is -0.997. The molecule has 0 heterocycles. The Morgan fingerprint density at radius 2 is 1.29 bits per heavy atom. The van der Waals surface area contributed by atoms with Crippen LogP contribution in [0, 0.1) is 0 Å². The Morgan fingerprint density at radius 1 is 0.958 bits per heavy atom. The van der Waals surface area contributed by atoms with Crippen LogP contribution in [0.25, 0.3) is 0 Å². The van der Waals surface area contributed by atoms with Crippen LogP contribution in [0.3, 0.4) is 0 Å². The highest BCUT2D eigenvalue weighted by Gasteiger charge is 2.25. The van der Waals surface area contributed by atoms with Crippen LogP contribution in [0.4, 0.5) is 5.69 Å². The quantitative estimate of drug-likeness (QED) is 0.419. The number of phenols is 1. The average Bonchev–Trinajstić information content (AvgIpc) is 2.40. The van der Waals surface area contributed by atoms with E-state index in [0.29, 0.717) is 24.7 Å². The van der Waals surface area contributed by atoms with Crippen molar-refractivity contribution < 1.29 is 14.2 Å². The predicted molar refractivity (Wildman–Crippen MR) is 107 cm³/mol. The highest BCUT2D eigenvalue weighted by atomic mass is 32.4.